The Labute approximate surface area is 114 Å². The van der Waals surface area contributed by atoms with Crippen molar-refractivity contribution in [2.75, 3.05) is 0 Å². The summed E-state index contributed by atoms with van der Waals surface area (Å²) < 4.78 is 6.34. The van der Waals surface area contributed by atoms with Gasteiger partial charge in [0.2, 0.25) is 11.7 Å². The topological polar surface area (TPSA) is 64.9 Å². The minimum Gasteiger partial charge on any atom is -0.337 e. The molecule has 0 radical (unpaired) electrons. The molecule has 1 aromatic heterocycles. The molecule has 5 heteroatoms. The monoisotopic (exact) mass is 307 g/mol. The highest BCUT2D eigenvalue weighted by atomic mass is 79.9. The van der Waals surface area contributed by atoms with Crippen LogP contribution in [0.4, 0.5) is 0 Å². The lowest BCUT2D eigenvalue weighted by atomic mass is 9.97. The molecule has 1 unspecified atom stereocenters. The van der Waals surface area contributed by atoms with E-state index in [4.69, 9.17) is 10.3 Å². The first-order chi connectivity index (χ1) is 8.57. The van der Waals surface area contributed by atoms with Gasteiger partial charge in [-0.2, -0.15) is 4.98 Å². The van der Waals surface area contributed by atoms with Crippen LogP contribution in [0, 0.1) is 5.92 Å². The van der Waals surface area contributed by atoms with Crippen molar-refractivity contribution in [3.05, 3.63) is 34.6 Å². The summed E-state index contributed by atoms with van der Waals surface area (Å²) in [7, 11) is 0. The zero-order chi connectivity index (χ0) is 12.8. The van der Waals surface area contributed by atoms with Crippen LogP contribution in [-0.2, 0) is 5.54 Å². The molecular formula is C13H14BrN3O. The van der Waals surface area contributed by atoms with Gasteiger partial charge in [0, 0.05) is 10.0 Å². The van der Waals surface area contributed by atoms with Crippen LogP contribution in [0.3, 0.4) is 0 Å². The summed E-state index contributed by atoms with van der Waals surface area (Å²) in [4.78, 5) is 4.43. The maximum atomic E-state index is 6.26. The molecule has 1 heterocycles. The Hall–Kier alpha value is -1.20. The molecule has 0 saturated heterocycles. The van der Waals surface area contributed by atoms with E-state index >= 15 is 0 Å². The van der Waals surface area contributed by atoms with E-state index in [0.29, 0.717) is 17.6 Å². The lowest BCUT2D eigenvalue weighted by molar-refractivity contribution is 0.273. The molecule has 0 spiro atoms. The lowest BCUT2D eigenvalue weighted by Gasteiger charge is -2.18. The number of halogens is 1. The quantitative estimate of drug-likeness (QED) is 0.946. The average molecular weight is 308 g/mol. The van der Waals surface area contributed by atoms with Crippen LogP contribution in [0.15, 0.2) is 33.3 Å². The predicted molar refractivity (Wildman–Crippen MR) is 71.7 cm³/mol. The Balaban J connectivity index is 1.91. The minimum absolute atomic E-state index is 0.468. The molecule has 2 aromatic rings. The first-order valence-corrected chi connectivity index (χ1v) is 6.75. The van der Waals surface area contributed by atoms with Gasteiger partial charge in [-0.15, -0.1) is 0 Å². The van der Waals surface area contributed by atoms with Crippen LogP contribution in [0.1, 0.15) is 25.7 Å². The third-order valence-electron chi connectivity index (χ3n) is 3.41. The van der Waals surface area contributed by atoms with Gasteiger partial charge in [-0.3, -0.25) is 0 Å². The number of hydrogen-bond acceptors (Lipinski definition) is 4. The molecule has 18 heavy (non-hydrogen) atoms. The molecular weight excluding hydrogens is 294 g/mol. The molecule has 3 rings (SSSR count). The largest absolute Gasteiger partial charge is 0.337 e. The molecule has 94 valence electrons. The third kappa shape index (κ3) is 2.08. The van der Waals surface area contributed by atoms with E-state index in [2.05, 4.69) is 26.1 Å². The highest BCUT2D eigenvalue weighted by Gasteiger charge is 2.43. The van der Waals surface area contributed by atoms with Crippen LogP contribution in [0.25, 0.3) is 11.4 Å². The highest BCUT2D eigenvalue weighted by Crippen LogP contribution is 2.43. The van der Waals surface area contributed by atoms with Gasteiger partial charge in [0.25, 0.3) is 0 Å². The maximum Gasteiger partial charge on any atom is 0.247 e. The van der Waals surface area contributed by atoms with Crippen LogP contribution in [0.5, 0.6) is 0 Å². The fourth-order valence-electron chi connectivity index (χ4n) is 2.02. The molecule has 4 nitrogen and oxygen atoms in total. The van der Waals surface area contributed by atoms with E-state index in [-0.39, 0.29) is 0 Å². The molecule has 1 aliphatic carbocycles. The van der Waals surface area contributed by atoms with Gasteiger partial charge < -0.3 is 10.3 Å². The van der Waals surface area contributed by atoms with Crippen molar-refractivity contribution < 1.29 is 4.52 Å². The summed E-state index contributed by atoms with van der Waals surface area (Å²) in [5.41, 5.74) is 6.69. The Bertz CT molecular complexity index is 558. The van der Waals surface area contributed by atoms with Crippen molar-refractivity contribution >= 4 is 15.9 Å². The zero-order valence-corrected chi connectivity index (χ0v) is 11.6. The fraction of sp³-hybridized carbons (Fsp3) is 0.385. The van der Waals surface area contributed by atoms with Crippen LogP contribution >= 0.6 is 15.9 Å². The molecule has 1 fully saturated rings. The van der Waals surface area contributed by atoms with Crippen molar-refractivity contribution in [1.82, 2.24) is 10.1 Å². The van der Waals surface area contributed by atoms with Gasteiger partial charge in [-0.05, 0) is 49.9 Å². The number of hydrogen-bond donors (Lipinski definition) is 1. The fourth-order valence-corrected chi connectivity index (χ4v) is 2.28. The average Bonchev–Trinajstić information content (AvgIpc) is 3.09. The molecule has 2 N–H and O–H groups in total. The van der Waals surface area contributed by atoms with E-state index in [1.165, 1.54) is 0 Å². The molecule has 0 aliphatic heterocycles. The van der Waals surface area contributed by atoms with Gasteiger partial charge in [0.05, 0.1) is 5.54 Å². The number of benzene rings is 1. The summed E-state index contributed by atoms with van der Waals surface area (Å²) in [6, 6.07) is 7.80. The molecule has 1 atom stereocenters. The number of nitrogens with zero attached hydrogens (tertiary/aromatic N) is 2. The van der Waals surface area contributed by atoms with Crippen LogP contribution < -0.4 is 5.73 Å². The van der Waals surface area contributed by atoms with Crippen LogP contribution in [0.2, 0.25) is 0 Å². The second kappa shape index (κ2) is 4.17. The highest BCUT2D eigenvalue weighted by molar-refractivity contribution is 9.10. The van der Waals surface area contributed by atoms with Gasteiger partial charge in [0.15, 0.2) is 0 Å². The number of rotatable bonds is 3. The first-order valence-electron chi connectivity index (χ1n) is 5.96. The summed E-state index contributed by atoms with van der Waals surface area (Å²) in [5, 5.41) is 4.01. The Morgan fingerprint density at radius 3 is 2.61 bits per heavy atom. The molecule has 1 aliphatic rings. The molecule has 1 aromatic carbocycles. The minimum atomic E-state index is -0.499. The van der Waals surface area contributed by atoms with Crippen molar-refractivity contribution in [2.24, 2.45) is 11.7 Å². The summed E-state index contributed by atoms with van der Waals surface area (Å²) >= 11 is 3.40. The van der Waals surface area contributed by atoms with E-state index in [1.807, 2.05) is 31.2 Å². The molecule has 0 bridgehead atoms. The second-order valence-corrected chi connectivity index (χ2v) is 5.90. The van der Waals surface area contributed by atoms with Gasteiger partial charge in [0.1, 0.15) is 0 Å². The Kier molecular flexibility index (Phi) is 2.75. The van der Waals surface area contributed by atoms with Gasteiger partial charge in [-0.1, -0.05) is 21.1 Å². The number of nitrogens with two attached hydrogens (primary N) is 1. The number of aromatic nitrogens is 2. The van der Waals surface area contributed by atoms with Crippen molar-refractivity contribution in [1.29, 1.82) is 0 Å². The summed E-state index contributed by atoms with van der Waals surface area (Å²) in [5.74, 6) is 1.59. The lowest BCUT2D eigenvalue weighted by Crippen LogP contribution is -2.35. The third-order valence-corrected chi connectivity index (χ3v) is 3.94. The van der Waals surface area contributed by atoms with Crippen molar-refractivity contribution in [2.45, 2.75) is 25.3 Å². The first kappa shape index (κ1) is 11.9. The SMILES string of the molecule is CC(N)(c1nc(-c2ccc(Br)cc2)no1)C1CC1. The van der Waals surface area contributed by atoms with E-state index < -0.39 is 5.54 Å². The van der Waals surface area contributed by atoms with Crippen molar-refractivity contribution in [3.63, 3.8) is 0 Å². The van der Waals surface area contributed by atoms with Crippen molar-refractivity contribution in [3.8, 4) is 11.4 Å². The summed E-state index contributed by atoms with van der Waals surface area (Å²) in [6.45, 7) is 1.96. The van der Waals surface area contributed by atoms with Crippen LogP contribution in [-0.4, -0.2) is 10.1 Å². The standard InChI is InChI=1S/C13H14BrN3O/c1-13(15,9-4-5-9)12-16-11(17-18-12)8-2-6-10(14)7-3-8/h2-3,6-7,9H,4-5,15H2,1H3. The van der Waals surface area contributed by atoms with E-state index in [9.17, 15) is 0 Å². The molecule has 1 saturated carbocycles. The summed E-state index contributed by atoms with van der Waals surface area (Å²) in [6.07, 6.45) is 2.28. The van der Waals surface area contributed by atoms with E-state index in [1.54, 1.807) is 0 Å². The van der Waals surface area contributed by atoms with E-state index in [0.717, 1.165) is 22.9 Å². The smallest absolute Gasteiger partial charge is 0.247 e. The molecule has 0 amide bonds. The van der Waals surface area contributed by atoms with Gasteiger partial charge >= 0.3 is 0 Å². The Morgan fingerprint density at radius 2 is 2.00 bits per heavy atom. The maximum absolute atomic E-state index is 6.26. The normalized spacial score (nSPS) is 18.6. The zero-order valence-electron chi connectivity index (χ0n) is 10.1. The van der Waals surface area contributed by atoms with Gasteiger partial charge in [-0.25, -0.2) is 0 Å². The Morgan fingerprint density at radius 1 is 1.33 bits per heavy atom. The predicted octanol–water partition coefficient (Wildman–Crippen LogP) is 3.08. The second-order valence-electron chi connectivity index (χ2n) is 4.99.